The van der Waals surface area contributed by atoms with Crippen LogP contribution in [0.3, 0.4) is 0 Å². The van der Waals surface area contributed by atoms with Crippen molar-refractivity contribution in [3.05, 3.63) is 0 Å². The van der Waals surface area contributed by atoms with Crippen molar-refractivity contribution >= 4 is 11.8 Å². The first-order chi connectivity index (χ1) is 5.16. The summed E-state index contributed by atoms with van der Waals surface area (Å²) in [6.07, 6.45) is 0.486. The van der Waals surface area contributed by atoms with E-state index < -0.39 is 0 Å². The predicted octanol–water partition coefficient (Wildman–Crippen LogP) is -0.351. The Hall–Kier alpha value is -1.06. The number of nitrogens with one attached hydrogen (secondary N) is 2. The summed E-state index contributed by atoms with van der Waals surface area (Å²) in [4.78, 5) is 21.0. The van der Waals surface area contributed by atoms with E-state index in [0.717, 1.165) is 0 Å². The highest BCUT2D eigenvalue weighted by Crippen LogP contribution is 1.72. The second-order valence-corrected chi connectivity index (χ2v) is 2.19. The van der Waals surface area contributed by atoms with E-state index in [1.54, 1.807) is 6.92 Å². The molecule has 0 aliphatic heterocycles. The van der Waals surface area contributed by atoms with Crippen LogP contribution in [0.4, 0.5) is 0 Å². The molecule has 0 aromatic heterocycles. The van der Waals surface area contributed by atoms with Crippen molar-refractivity contribution in [1.29, 1.82) is 0 Å². The van der Waals surface area contributed by atoms with Crippen LogP contribution in [0.25, 0.3) is 0 Å². The van der Waals surface area contributed by atoms with Gasteiger partial charge < -0.3 is 10.6 Å². The van der Waals surface area contributed by atoms with Gasteiger partial charge in [0.2, 0.25) is 11.8 Å². The molecule has 0 rings (SSSR count). The lowest BCUT2D eigenvalue weighted by molar-refractivity contribution is -0.121. The van der Waals surface area contributed by atoms with Gasteiger partial charge in [0.25, 0.3) is 0 Å². The number of amides is 2. The first kappa shape index (κ1) is 9.94. The van der Waals surface area contributed by atoms with Crippen LogP contribution in [-0.4, -0.2) is 24.9 Å². The number of hydrogen-bond acceptors (Lipinski definition) is 2. The Labute approximate surface area is 66.4 Å². The van der Waals surface area contributed by atoms with E-state index in [-0.39, 0.29) is 11.8 Å². The maximum absolute atomic E-state index is 10.6. The molecule has 4 nitrogen and oxygen atoms in total. The third-order valence-electron chi connectivity index (χ3n) is 1.14. The van der Waals surface area contributed by atoms with E-state index in [9.17, 15) is 9.59 Å². The zero-order valence-corrected chi connectivity index (χ0v) is 6.94. The van der Waals surface area contributed by atoms with E-state index in [1.165, 1.54) is 6.92 Å². The van der Waals surface area contributed by atoms with E-state index in [2.05, 4.69) is 10.6 Å². The summed E-state index contributed by atoms with van der Waals surface area (Å²) in [6, 6.07) is 0. The van der Waals surface area contributed by atoms with Gasteiger partial charge >= 0.3 is 0 Å². The Bertz CT molecular complexity index is 145. The molecule has 0 atom stereocenters. The van der Waals surface area contributed by atoms with E-state index in [1.807, 2.05) is 0 Å². The molecule has 0 fully saturated rings. The molecule has 11 heavy (non-hydrogen) atoms. The van der Waals surface area contributed by atoms with Crippen molar-refractivity contribution in [3.63, 3.8) is 0 Å². The van der Waals surface area contributed by atoms with Gasteiger partial charge in [0, 0.05) is 26.4 Å². The molecule has 0 aromatic rings. The number of rotatable bonds is 4. The van der Waals surface area contributed by atoms with Crippen molar-refractivity contribution in [2.24, 2.45) is 0 Å². The highest BCUT2D eigenvalue weighted by molar-refractivity contribution is 5.75. The molecule has 0 heterocycles. The number of carbonyl (C=O) groups excluding carboxylic acids is 2. The van der Waals surface area contributed by atoms with Gasteiger partial charge in [-0.1, -0.05) is 6.92 Å². The standard InChI is InChI=1S/C7H14N2O2/c1-3-7(11)9-5-4-8-6(2)10/h3-5H2,1-2H3,(H,8,10)(H,9,11). The molecular formula is C7H14N2O2. The van der Waals surface area contributed by atoms with Crippen LogP contribution >= 0.6 is 0 Å². The monoisotopic (exact) mass is 158 g/mol. The summed E-state index contributed by atoms with van der Waals surface area (Å²) in [7, 11) is 0. The Morgan fingerprint density at radius 1 is 1.18 bits per heavy atom. The lowest BCUT2D eigenvalue weighted by Crippen LogP contribution is -2.33. The lowest BCUT2D eigenvalue weighted by atomic mass is 10.4. The maximum atomic E-state index is 10.6. The van der Waals surface area contributed by atoms with Gasteiger partial charge in [0.15, 0.2) is 0 Å². The van der Waals surface area contributed by atoms with Gasteiger partial charge in [0.05, 0.1) is 0 Å². The highest BCUT2D eigenvalue weighted by atomic mass is 16.2. The van der Waals surface area contributed by atoms with Crippen molar-refractivity contribution < 1.29 is 9.59 Å². The average molecular weight is 158 g/mol. The zero-order chi connectivity index (χ0) is 8.69. The largest absolute Gasteiger partial charge is 0.355 e. The predicted molar refractivity (Wildman–Crippen MR) is 42.0 cm³/mol. The van der Waals surface area contributed by atoms with Crippen LogP contribution in [0.5, 0.6) is 0 Å². The van der Waals surface area contributed by atoms with E-state index in [4.69, 9.17) is 0 Å². The molecule has 2 N–H and O–H groups in total. The minimum atomic E-state index is -0.0734. The Balaban J connectivity index is 3.14. The van der Waals surface area contributed by atoms with Crippen LogP contribution in [0.2, 0.25) is 0 Å². The third-order valence-corrected chi connectivity index (χ3v) is 1.14. The second-order valence-electron chi connectivity index (χ2n) is 2.19. The van der Waals surface area contributed by atoms with Crippen LogP contribution in [0.15, 0.2) is 0 Å². The number of hydrogen-bond donors (Lipinski definition) is 2. The summed E-state index contributed by atoms with van der Waals surface area (Å²) in [6.45, 7) is 4.24. The van der Waals surface area contributed by atoms with Gasteiger partial charge in [-0.05, 0) is 0 Å². The molecule has 4 heteroatoms. The zero-order valence-electron chi connectivity index (χ0n) is 6.94. The maximum Gasteiger partial charge on any atom is 0.219 e. The minimum Gasteiger partial charge on any atom is -0.355 e. The lowest BCUT2D eigenvalue weighted by Gasteiger charge is -2.02. The normalized spacial score (nSPS) is 8.91. The van der Waals surface area contributed by atoms with Gasteiger partial charge in [0.1, 0.15) is 0 Å². The van der Waals surface area contributed by atoms with Crippen LogP contribution in [0.1, 0.15) is 20.3 Å². The van der Waals surface area contributed by atoms with Crippen molar-refractivity contribution in [1.82, 2.24) is 10.6 Å². The molecule has 0 spiro atoms. The molecule has 64 valence electrons. The Morgan fingerprint density at radius 3 is 2.18 bits per heavy atom. The molecule has 0 unspecified atom stereocenters. The second kappa shape index (κ2) is 5.70. The van der Waals surface area contributed by atoms with Gasteiger partial charge in [-0.25, -0.2) is 0 Å². The van der Waals surface area contributed by atoms with Crippen molar-refractivity contribution in [3.8, 4) is 0 Å². The first-order valence-electron chi connectivity index (χ1n) is 3.68. The fourth-order valence-corrected chi connectivity index (χ4v) is 0.565. The Morgan fingerprint density at radius 2 is 1.73 bits per heavy atom. The summed E-state index contributed by atoms with van der Waals surface area (Å²) < 4.78 is 0. The smallest absolute Gasteiger partial charge is 0.219 e. The number of carbonyl (C=O) groups is 2. The fourth-order valence-electron chi connectivity index (χ4n) is 0.565. The molecule has 0 aliphatic rings. The SMILES string of the molecule is CCC(=O)NCCNC(C)=O. The van der Waals surface area contributed by atoms with Crippen LogP contribution in [0, 0.1) is 0 Å². The summed E-state index contributed by atoms with van der Waals surface area (Å²) in [5, 5.41) is 5.21. The third kappa shape index (κ3) is 6.83. The molecule has 0 aliphatic carbocycles. The van der Waals surface area contributed by atoms with Crippen molar-refractivity contribution in [2.45, 2.75) is 20.3 Å². The first-order valence-corrected chi connectivity index (χ1v) is 3.68. The van der Waals surface area contributed by atoms with Crippen LogP contribution < -0.4 is 10.6 Å². The summed E-state index contributed by atoms with van der Waals surface area (Å²) in [5.41, 5.74) is 0. The fraction of sp³-hybridized carbons (Fsp3) is 0.714. The highest BCUT2D eigenvalue weighted by Gasteiger charge is 1.94. The molecule has 0 saturated carbocycles. The molecular weight excluding hydrogens is 144 g/mol. The van der Waals surface area contributed by atoms with Gasteiger partial charge in [-0.2, -0.15) is 0 Å². The van der Waals surface area contributed by atoms with Gasteiger partial charge in [-0.15, -0.1) is 0 Å². The molecule has 0 saturated heterocycles. The quantitative estimate of drug-likeness (QED) is 0.549. The topological polar surface area (TPSA) is 58.2 Å². The molecule has 0 bridgehead atoms. The van der Waals surface area contributed by atoms with E-state index in [0.29, 0.717) is 19.5 Å². The summed E-state index contributed by atoms with van der Waals surface area (Å²) >= 11 is 0. The van der Waals surface area contributed by atoms with Crippen molar-refractivity contribution in [2.75, 3.05) is 13.1 Å². The minimum absolute atomic E-state index is 0.00959. The van der Waals surface area contributed by atoms with E-state index >= 15 is 0 Å². The molecule has 0 aromatic carbocycles. The summed E-state index contributed by atoms with van der Waals surface area (Å²) in [5.74, 6) is -0.0638. The average Bonchev–Trinajstić information content (AvgIpc) is 1.97. The molecule has 2 amide bonds. The van der Waals surface area contributed by atoms with Crippen LogP contribution in [-0.2, 0) is 9.59 Å². The van der Waals surface area contributed by atoms with Gasteiger partial charge in [-0.3, -0.25) is 9.59 Å². The Kier molecular flexibility index (Phi) is 5.15. The molecule has 0 radical (unpaired) electrons.